The predicted octanol–water partition coefficient (Wildman–Crippen LogP) is 2.66. The monoisotopic (exact) mass is 465 g/mol. The number of fused-ring (bicyclic) bond motifs is 1. The molecule has 1 fully saturated rings. The molecule has 4 rings (SSSR count). The van der Waals surface area contributed by atoms with E-state index < -0.39 is 11.8 Å². The van der Waals surface area contributed by atoms with Gasteiger partial charge in [-0.1, -0.05) is 42.1 Å². The van der Waals surface area contributed by atoms with Gasteiger partial charge in [-0.2, -0.15) is 0 Å². The highest BCUT2D eigenvalue weighted by Gasteiger charge is 2.29. The first-order valence-corrected chi connectivity index (χ1v) is 12.0. The van der Waals surface area contributed by atoms with Crippen LogP contribution in [0.2, 0.25) is 0 Å². The van der Waals surface area contributed by atoms with Gasteiger partial charge >= 0.3 is 11.8 Å². The molecule has 1 aliphatic heterocycles. The Morgan fingerprint density at radius 1 is 1.00 bits per heavy atom. The van der Waals surface area contributed by atoms with E-state index in [1.54, 1.807) is 16.7 Å². The van der Waals surface area contributed by atoms with E-state index in [1.807, 2.05) is 62.4 Å². The predicted molar refractivity (Wildman–Crippen MR) is 128 cm³/mol. The fraction of sp³-hybridized carbons (Fsp3) is 0.333. The molecule has 1 aromatic heterocycles. The maximum atomic E-state index is 13.2. The van der Waals surface area contributed by atoms with E-state index in [0.717, 1.165) is 21.8 Å². The number of aromatic nitrogens is 2. The zero-order valence-electron chi connectivity index (χ0n) is 18.7. The number of H-pyrrole nitrogens is 1. The zero-order valence-corrected chi connectivity index (χ0v) is 19.5. The SMILES string of the molecule is CC(C)NC(=O)C(=O)N1CCN(C(=O)c2ccccc2CSc2nc3ccccc3[nH]2)CC1. The molecule has 33 heavy (non-hydrogen) atoms. The second-order valence-corrected chi connectivity index (χ2v) is 9.18. The third kappa shape index (κ3) is 5.36. The Kier molecular flexibility index (Phi) is 6.98. The van der Waals surface area contributed by atoms with Crippen molar-refractivity contribution in [2.75, 3.05) is 26.2 Å². The summed E-state index contributed by atoms with van der Waals surface area (Å²) in [6, 6.07) is 15.4. The van der Waals surface area contributed by atoms with Gasteiger partial charge in [0.15, 0.2) is 5.16 Å². The van der Waals surface area contributed by atoms with Crippen LogP contribution < -0.4 is 5.32 Å². The summed E-state index contributed by atoms with van der Waals surface area (Å²) >= 11 is 1.56. The quantitative estimate of drug-likeness (QED) is 0.446. The van der Waals surface area contributed by atoms with Crippen LogP contribution in [0.3, 0.4) is 0 Å². The molecule has 3 aromatic rings. The molecule has 9 heteroatoms. The number of hydrogen-bond donors (Lipinski definition) is 2. The Morgan fingerprint density at radius 3 is 2.39 bits per heavy atom. The number of benzene rings is 2. The number of nitrogens with one attached hydrogen (secondary N) is 2. The van der Waals surface area contributed by atoms with Crippen LogP contribution in [0.5, 0.6) is 0 Å². The van der Waals surface area contributed by atoms with Gasteiger partial charge in [0.05, 0.1) is 11.0 Å². The molecule has 1 saturated heterocycles. The summed E-state index contributed by atoms with van der Waals surface area (Å²) < 4.78 is 0. The van der Waals surface area contributed by atoms with Gasteiger partial charge in [0.25, 0.3) is 5.91 Å². The van der Waals surface area contributed by atoms with Crippen molar-refractivity contribution < 1.29 is 14.4 Å². The molecule has 0 atom stereocenters. The van der Waals surface area contributed by atoms with Gasteiger partial charge in [-0.25, -0.2) is 4.98 Å². The van der Waals surface area contributed by atoms with E-state index in [1.165, 1.54) is 4.90 Å². The van der Waals surface area contributed by atoms with Gasteiger partial charge in [-0.3, -0.25) is 14.4 Å². The summed E-state index contributed by atoms with van der Waals surface area (Å²) in [4.78, 5) is 48.7. The van der Waals surface area contributed by atoms with Crippen LogP contribution in [0.25, 0.3) is 11.0 Å². The highest BCUT2D eigenvalue weighted by atomic mass is 32.2. The normalized spacial score (nSPS) is 14.0. The summed E-state index contributed by atoms with van der Waals surface area (Å²) in [7, 11) is 0. The molecular weight excluding hydrogens is 438 g/mol. The van der Waals surface area contributed by atoms with Crippen molar-refractivity contribution in [3.8, 4) is 0 Å². The van der Waals surface area contributed by atoms with Crippen molar-refractivity contribution in [1.29, 1.82) is 0 Å². The number of aromatic amines is 1. The Morgan fingerprint density at radius 2 is 1.67 bits per heavy atom. The second-order valence-electron chi connectivity index (χ2n) is 8.22. The molecule has 1 aliphatic rings. The number of thioether (sulfide) groups is 1. The number of amides is 3. The highest BCUT2D eigenvalue weighted by Crippen LogP contribution is 2.25. The first-order chi connectivity index (χ1) is 15.9. The van der Waals surface area contributed by atoms with Crippen molar-refractivity contribution in [3.05, 3.63) is 59.7 Å². The van der Waals surface area contributed by atoms with E-state index >= 15 is 0 Å². The van der Waals surface area contributed by atoms with Crippen molar-refractivity contribution in [2.24, 2.45) is 0 Å². The minimum atomic E-state index is -0.599. The molecule has 2 aromatic carbocycles. The highest BCUT2D eigenvalue weighted by molar-refractivity contribution is 7.98. The molecule has 0 saturated carbocycles. The summed E-state index contributed by atoms with van der Waals surface area (Å²) in [5.41, 5.74) is 3.49. The first-order valence-electron chi connectivity index (χ1n) is 11.0. The number of hydrogen-bond acceptors (Lipinski definition) is 5. The van der Waals surface area contributed by atoms with Crippen LogP contribution in [0.15, 0.2) is 53.7 Å². The van der Waals surface area contributed by atoms with Gasteiger partial charge < -0.3 is 20.1 Å². The van der Waals surface area contributed by atoms with E-state index in [4.69, 9.17) is 0 Å². The molecule has 172 valence electrons. The first kappa shape index (κ1) is 22.8. The summed E-state index contributed by atoms with van der Waals surface area (Å²) in [5, 5.41) is 3.43. The fourth-order valence-corrected chi connectivity index (χ4v) is 4.64. The molecule has 3 amide bonds. The van der Waals surface area contributed by atoms with E-state index in [0.29, 0.717) is 37.5 Å². The van der Waals surface area contributed by atoms with Crippen LogP contribution in [-0.2, 0) is 15.3 Å². The molecular formula is C24H27N5O3S. The molecule has 0 aliphatic carbocycles. The topological polar surface area (TPSA) is 98.4 Å². The molecule has 2 N–H and O–H groups in total. The van der Waals surface area contributed by atoms with Crippen LogP contribution in [0.4, 0.5) is 0 Å². The Bertz CT molecular complexity index is 1130. The molecule has 0 unspecified atom stereocenters. The number of carbonyl (C=O) groups excluding carboxylic acids is 3. The number of para-hydroxylation sites is 2. The molecule has 0 bridgehead atoms. The molecule has 0 radical (unpaired) electrons. The maximum Gasteiger partial charge on any atom is 0.312 e. The lowest BCUT2D eigenvalue weighted by atomic mass is 10.1. The van der Waals surface area contributed by atoms with E-state index in [2.05, 4.69) is 15.3 Å². The van der Waals surface area contributed by atoms with Gasteiger partial charge in [0, 0.05) is 43.5 Å². The molecule has 8 nitrogen and oxygen atoms in total. The number of carbonyl (C=O) groups is 3. The van der Waals surface area contributed by atoms with Gasteiger partial charge in [-0.05, 0) is 37.6 Å². The lowest BCUT2D eigenvalue weighted by Crippen LogP contribution is -2.54. The minimum Gasteiger partial charge on any atom is -0.346 e. The Labute approximate surface area is 196 Å². The minimum absolute atomic E-state index is 0.0606. The van der Waals surface area contributed by atoms with E-state index in [-0.39, 0.29) is 11.9 Å². The van der Waals surface area contributed by atoms with Crippen molar-refractivity contribution in [3.63, 3.8) is 0 Å². The van der Waals surface area contributed by atoms with Gasteiger partial charge in [0.1, 0.15) is 0 Å². The molecule has 2 heterocycles. The number of imidazole rings is 1. The Balaban J connectivity index is 1.38. The largest absolute Gasteiger partial charge is 0.346 e. The third-order valence-corrected chi connectivity index (χ3v) is 6.37. The lowest BCUT2D eigenvalue weighted by molar-refractivity contribution is -0.147. The van der Waals surface area contributed by atoms with Crippen LogP contribution in [0.1, 0.15) is 29.8 Å². The maximum absolute atomic E-state index is 13.2. The standard InChI is InChI=1S/C24H27N5O3S/c1-16(2)25-21(30)23(32)29-13-11-28(12-14-29)22(31)18-8-4-3-7-17(18)15-33-24-26-19-9-5-6-10-20(19)27-24/h3-10,16H,11-15H2,1-2H3,(H,25,30)(H,26,27). The average Bonchev–Trinajstić information content (AvgIpc) is 3.25. The fourth-order valence-electron chi connectivity index (χ4n) is 3.75. The van der Waals surface area contributed by atoms with Crippen LogP contribution in [-0.4, -0.2) is 69.7 Å². The van der Waals surface area contributed by atoms with Crippen molar-refractivity contribution >= 4 is 40.5 Å². The van der Waals surface area contributed by atoms with E-state index in [9.17, 15) is 14.4 Å². The molecule has 0 spiro atoms. The summed E-state index contributed by atoms with van der Waals surface area (Å²) in [6.45, 7) is 5.09. The lowest BCUT2D eigenvalue weighted by Gasteiger charge is -2.34. The van der Waals surface area contributed by atoms with Crippen molar-refractivity contribution in [2.45, 2.75) is 30.8 Å². The number of piperazine rings is 1. The van der Waals surface area contributed by atoms with Crippen molar-refractivity contribution in [1.82, 2.24) is 25.1 Å². The third-order valence-electron chi connectivity index (χ3n) is 5.45. The number of rotatable bonds is 5. The van der Waals surface area contributed by atoms with Crippen LogP contribution in [0, 0.1) is 0 Å². The zero-order chi connectivity index (χ0) is 23.4. The second kappa shape index (κ2) is 10.1. The summed E-state index contributed by atoms with van der Waals surface area (Å²) in [5.74, 6) is -0.596. The van der Waals surface area contributed by atoms with Gasteiger partial charge in [-0.15, -0.1) is 0 Å². The smallest absolute Gasteiger partial charge is 0.312 e. The summed E-state index contributed by atoms with van der Waals surface area (Å²) in [6.07, 6.45) is 0. The van der Waals surface area contributed by atoms with Crippen LogP contribution >= 0.6 is 11.8 Å². The van der Waals surface area contributed by atoms with Gasteiger partial charge in [0.2, 0.25) is 0 Å². The Hall–Kier alpha value is -3.33. The number of nitrogens with zero attached hydrogens (tertiary/aromatic N) is 3. The average molecular weight is 466 g/mol.